The minimum absolute atomic E-state index is 0.197. The molecule has 0 unspecified atom stereocenters. The fourth-order valence-corrected chi connectivity index (χ4v) is 3.43. The summed E-state index contributed by atoms with van der Waals surface area (Å²) in [6.45, 7) is 8.47. The van der Waals surface area contributed by atoms with E-state index < -0.39 is 0 Å². The van der Waals surface area contributed by atoms with Crippen molar-refractivity contribution in [1.29, 1.82) is 0 Å². The van der Waals surface area contributed by atoms with Crippen molar-refractivity contribution >= 4 is 17.3 Å². The van der Waals surface area contributed by atoms with Gasteiger partial charge < -0.3 is 20.1 Å². The zero-order chi connectivity index (χ0) is 20.4. The molecule has 2 rings (SSSR count). The maximum Gasteiger partial charge on any atom is 0.191 e. The van der Waals surface area contributed by atoms with Gasteiger partial charge in [0, 0.05) is 24.4 Å². The Labute approximate surface area is 171 Å². The van der Waals surface area contributed by atoms with Gasteiger partial charge >= 0.3 is 0 Å². The average Bonchev–Trinajstić information content (AvgIpc) is 3.01. The molecule has 0 saturated heterocycles. The van der Waals surface area contributed by atoms with Crippen LogP contribution in [-0.4, -0.2) is 37.7 Å². The van der Waals surface area contributed by atoms with Crippen LogP contribution in [0, 0.1) is 26.2 Å². The predicted octanol–water partition coefficient (Wildman–Crippen LogP) is 3.08. The van der Waals surface area contributed by atoms with Crippen LogP contribution in [-0.2, 0) is 13.0 Å². The molecular formula is C21H28N4O2S. The number of hydrogen-bond acceptors (Lipinski definition) is 5. The van der Waals surface area contributed by atoms with E-state index in [4.69, 9.17) is 15.9 Å². The first-order valence-corrected chi connectivity index (χ1v) is 10.1. The van der Waals surface area contributed by atoms with Crippen LogP contribution < -0.4 is 20.1 Å². The largest absolute Gasteiger partial charge is 0.493 e. The number of thiazole rings is 1. The monoisotopic (exact) mass is 400 g/mol. The summed E-state index contributed by atoms with van der Waals surface area (Å²) in [7, 11) is 1.61. The number of benzene rings is 1. The lowest BCUT2D eigenvalue weighted by atomic mass is 10.2. The van der Waals surface area contributed by atoms with Gasteiger partial charge in [0.15, 0.2) is 17.5 Å². The van der Waals surface area contributed by atoms with Gasteiger partial charge in [0.05, 0.1) is 24.4 Å². The van der Waals surface area contributed by atoms with Crippen molar-refractivity contribution in [3.63, 3.8) is 0 Å². The van der Waals surface area contributed by atoms with E-state index in [0.29, 0.717) is 18.0 Å². The van der Waals surface area contributed by atoms with E-state index in [1.807, 2.05) is 32.0 Å². The molecule has 2 aromatic rings. The maximum atomic E-state index is 5.55. The number of methoxy groups -OCH3 is 1. The molecule has 0 atom stereocenters. The van der Waals surface area contributed by atoms with Gasteiger partial charge in [-0.3, -0.25) is 0 Å². The van der Waals surface area contributed by atoms with Gasteiger partial charge in [0.25, 0.3) is 0 Å². The Kier molecular flexibility index (Phi) is 8.63. The van der Waals surface area contributed by atoms with Crippen LogP contribution in [0.25, 0.3) is 0 Å². The summed E-state index contributed by atoms with van der Waals surface area (Å²) >= 11 is 1.75. The van der Waals surface area contributed by atoms with E-state index in [2.05, 4.69) is 33.5 Å². The number of aryl methyl sites for hydroxylation is 2. The van der Waals surface area contributed by atoms with Crippen molar-refractivity contribution in [1.82, 2.24) is 15.6 Å². The summed E-state index contributed by atoms with van der Waals surface area (Å²) in [4.78, 5) is 10.5. The quantitative estimate of drug-likeness (QED) is 0.385. The summed E-state index contributed by atoms with van der Waals surface area (Å²) < 4.78 is 10.9. The molecule has 0 saturated carbocycles. The van der Waals surface area contributed by atoms with E-state index in [0.717, 1.165) is 41.7 Å². The number of guanidine groups is 1. The second kappa shape index (κ2) is 11.2. The molecule has 0 bridgehead atoms. The summed E-state index contributed by atoms with van der Waals surface area (Å²) in [5.74, 6) is 4.52. The van der Waals surface area contributed by atoms with E-state index in [-0.39, 0.29) is 6.61 Å². The molecular weight excluding hydrogens is 372 g/mol. The molecule has 0 spiro atoms. The number of nitrogens with one attached hydrogen (secondary N) is 2. The molecule has 2 N–H and O–H groups in total. The Hall–Kier alpha value is -2.72. The van der Waals surface area contributed by atoms with Gasteiger partial charge in [0.1, 0.15) is 6.61 Å². The highest BCUT2D eigenvalue weighted by Gasteiger charge is 2.07. The fourth-order valence-electron chi connectivity index (χ4n) is 2.50. The Morgan fingerprint density at radius 1 is 1.29 bits per heavy atom. The average molecular weight is 401 g/mol. The Morgan fingerprint density at radius 2 is 2.11 bits per heavy atom. The molecule has 0 aliphatic carbocycles. The Balaban J connectivity index is 1.98. The molecule has 0 aliphatic heterocycles. The lowest BCUT2D eigenvalue weighted by Gasteiger charge is -2.12. The molecule has 7 heteroatoms. The zero-order valence-electron chi connectivity index (χ0n) is 17.0. The van der Waals surface area contributed by atoms with Crippen LogP contribution in [0.4, 0.5) is 0 Å². The summed E-state index contributed by atoms with van der Waals surface area (Å²) in [5, 5.41) is 7.77. The highest BCUT2D eigenvalue weighted by molar-refractivity contribution is 7.11. The van der Waals surface area contributed by atoms with Gasteiger partial charge in [-0.25, -0.2) is 9.98 Å². The molecule has 0 aliphatic rings. The third-order valence-corrected chi connectivity index (χ3v) is 5.14. The van der Waals surface area contributed by atoms with Crippen LogP contribution in [0.5, 0.6) is 11.5 Å². The Morgan fingerprint density at radius 3 is 2.75 bits per heavy atom. The minimum Gasteiger partial charge on any atom is -0.493 e. The van der Waals surface area contributed by atoms with Crippen molar-refractivity contribution < 1.29 is 9.47 Å². The van der Waals surface area contributed by atoms with Crippen LogP contribution >= 0.6 is 11.3 Å². The number of aliphatic imine (C=N–C) groups is 1. The van der Waals surface area contributed by atoms with Crippen molar-refractivity contribution in [2.75, 3.05) is 26.8 Å². The lowest BCUT2D eigenvalue weighted by molar-refractivity contribution is 0.330. The number of rotatable bonds is 9. The molecule has 1 aromatic carbocycles. The van der Waals surface area contributed by atoms with Gasteiger partial charge in [-0.2, -0.15) is 0 Å². The number of nitrogens with zero attached hydrogens (tertiary/aromatic N) is 2. The maximum absolute atomic E-state index is 5.55. The van der Waals surface area contributed by atoms with E-state index in [1.165, 1.54) is 4.88 Å². The van der Waals surface area contributed by atoms with Crippen molar-refractivity contribution in [2.24, 2.45) is 4.99 Å². The van der Waals surface area contributed by atoms with Gasteiger partial charge in [-0.15, -0.1) is 17.8 Å². The number of ether oxygens (including phenoxy) is 2. The smallest absolute Gasteiger partial charge is 0.191 e. The normalized spacial score (nSPS) is 11.0. The second-order valence-corrected chi connectivity index (χ2v) is 7.39. The Bertz CT molecular complexity index is 820. The van der Waals surface area contributed by atoms with Crippen molar-refractivity contribution in [2.45, 2.75) is 33.7 Å². The van der Waals surface area contributed by atoms with Crippen LogP contribution in [0.1, 0.15) is 28.1 Å². The van der Waals surface area contributed by atoms with Gasteiger partial charge in [-0.1, -0.05) is 12.0 Å². The predicted molar refractivity (Wildman–Crippen MR) is 115 cm³/mol. The topological polar surface area (TPSA) is 67.8 Å². The number of terminal acetylenes is 1. The molecule has 1 heterocycles. The van der Waals surface area contributed by atoms with Crippen molar-refractivity contribution in [3.05, 3.63) is 39.3 Å². The fraction of sp³-hybridized carbons (Fsp3) is 0.429. The highest BCUT2D eigenvalue weighted by Crippen LogP contribution is 2.28. The van der Waals surface area contributed by atoms with Crippen molar-refractivity contribution in [3.8, 4) is 23.8 Å². The first-order valence-electron chi connectivity index (χ1n) is 9.25. The first kappa shape index (κ1) is 21.6. The zero-order valence-corrected chi connectivity index (χ0v) is 17.8. The lowest BCUT2D eigenvalue weighted by Crippen LogP contribution is -2.38. The molecule has 0 amide bonds. The van der Waals surface area contributed by atoms with Crippen LogP contribution in [0.2, 0.25) is 0 Å². The second-order valence-electron chi connectivity index (χ2n) is 6.10. The van der Waals surface area contributed by atoms with Crippen LogP contribution in [0.3, 0.4) is 0 Å². The SMILES string of the molecule is C#CCOc1cc(CN=C(NCC)NCCc2nc(C)c(C)s2)ccc1OC. The first-order chi connectivity index (χ1) is 13.6. The van der Waals surface area contributed by atoms with Gasteiger partial charge in [0.2, 0.25) is 0 Å². The molecule has 150 valence electrons. The summed E-state index contributed by atoms with van der Waals surface area (Å²) in [6.07, 6.45) is 6.15. The molecule has 6 nitrogen and oxygen atoms in total. The minimum atomic E-state index is 0.197. The molecule has 0 fully saturated rings. The van der Waals surface area contributed by atoms with Gasteiger partial charge in [-0.05, 0) is 38.5 Å². The summed E-state index contributed by atoms with van der Waals surface area (Å²) in [5.41, 5.74) is 2.12. The standard InChI is InChI=1S/C21H28N4O2S/c1-6-12-27-19-13-17(8-9-18(19)26-5)14-24-21(22-7-2)23-11-10-20-25-15(3)16(4)28-20/h1,8-9,13H,7,10-12,14H2,2-5H3,(H2,22,23,24). The third-order valence-electron chi connectivity index (χ3n) is 4.01. The van der Waals surface area contributed by atoms with Crippen LogP contribution in [0.15, 0.2) is 23.2 Å². The van der Waals surface area contributed by atoms with E-state index in [1.54, 1.807) is 18.4 Å². The number of aromatic nitrogens is 1. The van der Waals surface area contributed by atoms with E-state index >= 15 is 0 Å². The third kappa shape index (κ3) is 6.46. The van der Waals surface area contributed by atoms with E-state index in [9.17, 15) is 0 Å². The summed E-state index contributed by atoms with van der Waals surface area (Å²) in [6, 6.07) is 5.74. The number of hydrogen-bond donors (Lipinski definition) is 2. The highest BCUT2D eigenvalue weighted by atomic mass is 32.1. The molecule has 0 radical (unpaired) electrons. The molecule has 1 aromatic heterocycles. The molecule has 28 heavy (non-hydrogen) atoms.